The van der Waals surface area contributed by atoms with Gasteiger partial charge in [-0.1, -0.05) is 46.2 Å². The number of benzene rings is 1. The minimum atomic E-state index is -1.67. The van der Waals surface area contributed by atoms with Gasteiger partial charge in [0.15, 0.2) is 0 Å². The van der Waals surface area contributed by atoms with Crippen molar-refractivity contribution in [2.24, 2.45) is 34.8 Å². The third kappa shape index (κ3) is 18.4. The monoisotopic (exact) mass is 948 g/mol. The fourth-order valence-electron chi connectivity index (χ4n) is 7.18. The number of nitrogens with two attached hydrogens (primary N) is 4. The van der Waals surface area contributed by atoms with Crippen LogP contribution in [0.5, 0.6) is 5.75 Å². The summed E-state index contributed by atoms with van der Waals surface area (Å²) in [6.45, 7) is 6.25. The zero-order valence-electron chi connectivity index (χ0n) is 38.5. The molecule has 0 spiro atoms. The summed E-state index contributed by atoms with van der Waals surface area (Å²) in [6.07, 6.45) is 0.163. The van der Waals surface area contributed by atoms with Crippen molar-refractivity contribution in [2.75, 3.05) is 19.7 Å². The fraction of sp³-hybridized carbons (Fsp3) is 0.628. The first-order chi connectivity index (χ1) is 31.5. The predicted molar refractivity (Wildman–Crippen MR) is 240 cm³/mol. The van der Waals surface area contributed by atoms with Gasteiger partial charge in [-0.25, -0.2) is 4.79 Å². The average Bonchev–Trinajstić information content (AvgIpc) is 3.77. The summed E-state index contributed by atoms with van der Waals surface area (Å²) >= 11 is 0. The number of carbonyl (C=O) groups is 10. The number of aliphatic hydroxyl groups is 1. The first-order valence-electron chi connectivity index (χ1n) is 22.3. The molecule has 1 saturated heterocycles. The van der Waals surface area contributed by atoms with Crippen LogP contribution in [0.2, 0.25) is 0 Å². The normalized spacial score (nSPS) is 17.0. The summed E-state index contributed by atoms with van der Waals surface area (Å²) < 4.78 is 0. The molecule has 17 N–H and O–H groups in total. The first-order valence-corrected chi connectivity index (χ1v) is 22.3. The Morgan fingerprint density at radius 1 is 0.731 bits per heavy atom. The van der Waals surface area contributed by atoms with Crippen LogP contribution in [-0.2, 0) is 54.4 Å². The Bertz CT molecular complexity index is 1900. The van der Waals surface area contributed by atoms with Crippen LogP contribution >= 0.6 is 0 Å². The Kier molecular flexibility index (Phi) is 23.6. The Hall–Kier alpha value is -6.40. The van der Waals surface area contributed by atoms with Gasteiger partial charge >= 0.3 is 5.97 Å². The van der Waals surface area contributed by atoms with Crippen molar-refractivity contribution in [3.8, 4) is 5.75 Å². The van der Waals surface area contributed by atoms with E-state index in [0.29, 0.717) is 31.2 Å². The Balaban J connectivity index is 2.43. The SMILES string of the molecule is CC[C@H](C)[C@H](NC(=O)[C@@H]1CCCN1C(=O)[C@H](Cc1ccc(O)cc1)NC(=O)[C@H](CC(N)=O)NC(=O)[C@H](CCCCN)NC(=O)[C@@H](N)CO)C(=O)N[C@H](C(=O)N[C@@H](CCC(N)=O)C(=O)O)C(C)C. The predicted octanol–water partition coefficient (Wildman–Crippen LogP) is -3.79. The molecule has 9 amide bonds. The third-order valence-electron chi connectivity index (χ3n) is 11.3. The van der Waals surface area contributed by atoms with Crippen molar-refractivity contribution in [2.45, 2.75) is 140 Å². The zero-order valence-corrected chi connectivity index (χ0v) is 38.5. The highest BCUT2D eigenvalue weighted by atomic mass is 16.4. The maximum absolute atomic E-state index is 14.5. The number of phenols is 1. The number of primary amides is 2. The zero-order chi connectivity index (χ0) is 50.5. The van der Waals surface area contributed by atoms with Gasteiger partial charge in [0.25, 0.3) is 0 Å². The number of carboxylic acids is 1. The summed E-state index contributed by atoms with van der Waals surface area (Å²) in [5.41, 5.74) is 22.3. The van der Waals surface area contributed by atoms with E-state index < -0.39 is 132 Å². The highest BCUT2D eigenvalue weighted by Crippen LogP contribution is 2.22. The number of carboxylic acid groups (broad SMARTS) is 1. The van der Waals surface area contributed by atoms with Crippen molar-refractivity contribution in [3.05, 3.63) is 29.8 Å². The lowest BCUT2D eigenvalue weighted by atomic mass is 9.95. The number of aliphatic carboxylic acids is 1. The molecule has 1 aliphatic heterocycles. The molecule has 0 aromatic heterocycles. The number of rotatable bonds is 29. The largest absolute Gasteiger partial charge is 0.508 e. The van der Waals surface area contributed by atoms with Gasteiger partial charge in [-0.05, 0) is 74.6 Å². The highest BCUT2D eigenvalue weighted by Gasteiger charge is 2.41. The smallest absolute Gasteiger partial charge is 0.326 e. The lowest BCUT2D eigenvalue weighted by Crippen LogP contribution is -2.61. The molecule has 1 aromatic carbocycles. The maximum atomic E-state index is 14.5. The number of aliphatic hydroxyl groups excluding tert-OH is 1. The van der Waals surface area contributed by atoms with Gasteiger partial charge in [0.1, 0.15) is 54.1 Å². The number of aromatic hydroxyl groups is 1. The van der Waals surface area contributed by atoms with Crippen LogP contribution < -0.4 is 54.8 Å². The van der Waals surface area contributed by atoms with E-state index in [-0.39, 0.29) is 50.9 Å². The number of unbranched alkanes of at least 4 members (excludes halogenated alkanes) is 1. The molecule has 0 saturated carbocycles. The summed E-state index contributed by atoms with van der Waals surface area (Å²) in [7, 11) is 0. The molecule has 1 aliphatic rings. The summed E-state index contributed by atoms with van der Waals surface area (Å²) in [4.78, 5) is 133. The van der Waals surface area contributed by atoms with E-state index in [1.807, 2.05) is 0 Å². The van der Waals surface area contributed by atoms with E-state index in [2.05, 4.69) is 31.9 Å². The molecule has 1 fully saturated rings. The minimum Gasteiger partial charge on any atom is -0.508 e. The lowest BCUT2D eigenvalue weighted by molar-refractivity contribution is -0.143. The molecule has 1 aromatic rings. The number of hydrogen-bond donors (Lipinski definition) is 13. The van der Waals surface area contributed by atoms with E-state index in [0.717, 1.165) is 0 Å². The van der Waals surface area contributed by atoms with Crippen LogP contribution in [0.4, 0.5) is 0 Å². The van der Waals surface area contributed by atoms with E-state index in [1.165, 1.54) is 29.2 Å². The molecule has 0 unspecified atom stereocenters. The van der Waals surface area contributed by atoms with E-state index >= 15 is 0 Å². The third-order valence-corrected chi connectivity index (χ3v) is 11.3. The molecule has 0 aliphatic carbocycles. The molecule has 2 rings (SSSR count). The van der Waals surface area contributed by atoms with Gasteiger partial charge in [0.05, 0.1) is 13.0 Å². The lowest BCUT2D eigenvalue weighted by Gasteiger charge is -2.32. The molecule has 24 heteroatoms. The first kappa shape index (κ1) is 56.7. The van der Waals surface area contributed by atoms with Crippen LogP contribution in [0, 0.1) is 11.8 Å². The molecule has 24 nitrogen and oxygen atoms in total. The number of hydrogen-bond acceptors (Lipinski definition) is 14. The van der Waals surface area contributed by atoms with Crippen molar-refractivity contribution in [1.29, 1.82) is 0 Å². The van der Waals surface area contributed by atoms with Gasteiger partial charge in [-0.15, -0.1) is 0 Å². The highest BCUT2D eigenvalue weighted by molar-refractivity contribution is 5.99. The number of nitrogens with one attached hydrogen (secondary N) is 6. The van der Waals surface area contributed by atoms with E-state index in [4.69, 9.17) is 22.9 Å². The van der Waals surface area contributed by atoms with Gasteiger partial charge in [-0.3, -0.25) is 43.2 Å². The van der Waals surface area contributed by atoms with E-state index in [9.17, 15) is 63.3 Å². The number of amides is 9. The van der Waals surface area contributed by atoms with Gasteiger partial charge < -0.3 is 75.1 Å². The van der Waals surface area contributed by atoms with Crippen molar-refractivity contribution in [1.82, 2.24) is 36.8 Å². The summed E-state index contributed by atoms with van der Waals surface area (Å²) in [5.74, 6) is -10.3. The second kappa shape index (κ2) is 27.9. The molecule has 0 bridgehead atoms. The Morgan fingerprint density at radius 2 is 1.31 bits per heavy atom. The Morgan fingerprint density at radius 3 is 1.87 bits per heavy atom. The number of likely N-dealkylation sites (tertiary alicyclic amines) is 1. The molecule has 67 heavy (non-hydrogen) atoms. The molecular weight excluding hydrogens is 879 g/mol. The molecule has 1 heterocycles. The maximum Gasteiger partial charge on any atom is 0.326 e. The molecule has 0 radical (unpaired) electrons. The quantitative estimate of drug-likeness (QED) is 0.0343. The fourth-order valence-corrected chi connectivity index (χ4v) is 7.18. The average molecular weight is 948 g/mol. The van der Waals surface area contributed by atoms with Crippen molar-refractivity contribution in [3.63, 3.8) is 0 Å². The van der Waals surface area contributed by atoms with Crippen LogP contribution in [0.25, 0.3) is 0 Å². The van der Waals surface area contributed by atoms with Gasteiger partial charge in [0.2, 0.25) is 53.2 Å². The summed E-state index contributed by atoms with van der Waals surface area (Å²) in [5, 5.41) is 44.0. The standard InChI is InChI=1S/C43H69N11O13/c1-5-23(4)35(41(64)52-34(22(2)3)40(63)49-28(43(66)67)15-16-32(46)57)53-39(62)31-10-8-18-54(31)42(65)30(19-24-11-13-25(56)14-12-24)51-38(61)29(20-33(47)58)50-37(60)27(9-6-7-17-44)48-36(59)26(45)21-55/h11-14,22-23,26-31,34-35,55-56H,5-10,15-21,44-45H2,1-4H3,(H2,46,57)(H2,47,58)(H,48,59)(H,49,63)(H,50,60)(H,51,61)(H,52,64)(H,53,62)(H,66,67)/t23-,26-,27-,28-,29-,30-,31-,34-,35-/m0/s1. The summed E-state index contributed by atoms with van der Waals surface area (Å²) in [6, 6.07) is -5.24. The number of carbonyl (C=O) groups excluding carboxylic acids is 9. The van der Waals surface area contributed by atoms with Crippen molar-refractivity contribution >= 4 is 59.1 Å². The minimum absolute atomic E-state index is 0.0385. The van der Waals surface area contributed by atoms with Crippen molar-refractivity contribution < 1.29 is 63.3 Å². The number of nitrogens with zero attached hydrogens (tertiary/aromatic N) is 1. The molecule has 9 atom stereocenters. The molecule has 374 valence electrons. The van der Waals surface area contributed by atoms with Crippen LogP contribution in [0.3, 0.4) is 0 Å². The van der Waals surface area contributed by atoms with E-state index in [1.54, 1.807) is 27.7 Å². The second-order valence-corrected chi connectivity index (χ2v) is 17.0. The topological polar surface area (TPSA) is 411 Å². The van der Waals surface area contributed by atoms with Gasteiger partial charge in [0, 0.05) is 19.4 Å². The van der Waals surface area contributed by atoms with Gasteiger partial charge in [-0.2, -0.15) is 0 Å². The molecular formula is C43H69N11O13. The Labute approximate surface area is 388 Å². The van der Waals surface area contributed by atoms with Crippen LogP contribution in [-0.4, -0.2) is 147 Å². The number of phenolic OH excluding ortho intramolecular Hbond substituents is 1. The van der Waals surface area contributed by atoms with Crippen LogP contribution in [0.1, 0.15) is 91.0 Å². The second-order valence-electron chi connectivity index (χ2n) is 17.0. The van der Waals surface area contributed by atoms with Crippen LogP contribution in [0.15, 0.2) is 24.3 Å².